The van der Waals surface area contributed by atoms with Crippen LogP contribution in [0.2, 0.25) is 0 Å². The molecule has 8 heteroatoms. The number of likely N-dealkylation sites (tertiary alicyclic amines) is 1. The Hall–Kier alpha value is -3.13. The molecule has 5 rings (SSSR count). The van der Waals surface area contributed by atoms with Crippen molar-refractivity contribution in [1.82, 2.24) is 19.5 Å². The van der Waals surface area contributed by atoms with E-state index in [2.05, 4.69) is 16.1 Å². The number of amides is 1. The van der Waals surface area contributed by atoms with Crippen LogP contribution in [0.3, 0.4) is 0 Å². The van der Waals surface area contributed by atoms with Crippen molar-refractivity contribution in [1.29, 1.82) is 0 Å². The fourth-order valence-electron chi connectivity index (χ4n) is 4.60. The van der Waals surface area contributed by atoms with Crippen molar-refractivity contribution in [2.24, 2.45) is 0 Å². The maximum atomic E-state index is 13.1. The number of rotatable bonds is 3. The highest BCUT2D eigenvalue weighted by Gasteiger charge is 2.42. The molecule has 0 radical (unpaired) electrons. The van der Waals surface area contributed by atoms with Crippen LogP contribution in [0.25, 0.3) is 5.65 Å². The van der Waals surface area contributed by atoms with Crippen molar-refractivity contribution in [3.63, 3.8) is 0 Å². The smallest absolute Gasteiger partial charge is 0.255 e. The topological polar surface area (TPSA) is 78.2 Å². The highest BCUT2D eigenvalue weighted by atomic mass is 16.5. The second-order valence-electron chi connectivity index (χ2n) is 7.73. The van der Waals surface area contributed by atoms with E-state index in [1.54, 1.807) is 31.0 Å². The molecule has 0 N–H and O–H groups in total. The number of carbonyl (C=O) groups excluding carboxylic acids is 1. The molecule has 0 bridgehead atoms. The zero-order valence-corrected chi connectivity index (χ0v) is 17.1. The van der Waals surface area contributed by atoms with Gasteiger partial charge in [0, 0.05) is 19.3 Å². The van der Waals surface area contributed by atoms with Gasteiger partial charge < -0.3 is 19.1 Å². The van der Waals surface area contributed by atoms with Crippen LogP contribution in [0.1, 0.15) is 34.3 Å². The summed E-state index contributed by atoms with van der Waals surface area (Å²) in [6.07, 6.45) is 5.55. The Morgan fingerprint density at radius 3 is 2.67 bits per heavy atom. The number of methoxy groups -OCH3 is 2. The molecule has 1 amide bonds. The van der Waals surface area contributed by atoms with Crippen LogP contribution < -0.4 is 9.47 Å². The molecule has 1 saturated heterocycles. The third-order valence-corrected chi connectivity index (χ3v) is 6.23. The van der Waals surface area contributed by atoms with Gasteiger partial charge in [0.1, 0.15) is 6.33 Å². The molecule has 3 aromatic rings. The summed E-state index contributed by atoms with van der Waals surface area (Å²) >= 11 is 0. The van der Waals surface area contributed by atoms with Crippen LogP contribution in [-0.2, 0) is 16.8 Å². The lowest BCUT2D eigenvalue weighted by atomic mass is 9.79. The van der Waals surface area contributed by atoms with E-state index in [-0.39, 0.29) is 11.5 Å². The molecule has 8 nitrogen and oxygen atoms in total. The predicted octanol–water partition coefficient (Wildman–Crippen LogP) is 2.45. The number of ether oxygens (including phenoxy) is 3. The monoisotopic (exact) mass is 408 g/mol. The van der Waals surface area contributed by atoms with Crippen molar-refractivity contribution in [3.8, 4) is 11.5 Å². The van der Waals surface area contributed by atoms with Crippen LogP contribution in [0.5, 0.6) is 11.5 Å². The molecule has 0 atom stereocenters. The lowest BCUT2D eigenvalue weighted by Crippen LogP contribution is -2.48. The number of fused-ring (bicyclic) bond motifs is 3. The van der Waals surface area contributed by atoms with Crippen molar-refractivity contribution < 1.29 is 19.0 Å². The van der Waals surface area contributed by atoms with Crippen molar-refractivity contribution >= 4 is 11.6 Å². The fraction of sp³-hybridized carbons (Fsp3) is 0.409. The number of hydrogen-bond acceptors (Lipinski definition) is 6. The highest BCUT2D eigenvalue weighted by Crippen LogP contribution is 2.45. The molecule has 0 aliphatic carbocycles. The minimum absolute atomic E-state index is 0.00518. The first-order valence-corrected chi connectivity index (χ1v) is 10.1. The number of nitrogens with zero attached hydrogens (tertiary/aromatic N) is 4. The second-order valence-corrected chi connectivity index (χ2v) is 7.73. The molecule has 0 saturated carbocycles. The Morgan fingerprint density at radius 2 is 1.90 bits per heavy atom. The summed E-state index contributed by atoms with van der Waals surface area (Å²) in [5.74, 6) is 1.45. The molecule has 4 heterocycles. The van der Waals surface area contributed by atoms with Gasteiger partial charge in [-0.1, -0.05) is 0 Å². The van der Waals surface area contributed by atoms with Crippen LogP contribution in [0.15, 0.2) is 36.8 Å². The maximum Gasteiger partial charge on any atom is 0.255 e. The highest BCUT2D eigenvalue weighted by molar-refractivity contribution is 5.94. The second kappa shape index (κ2) is 7.28. The first-order chi connectivity index (χ1) is 14.6. The summed E-state index contributed by atoms with van der Waals surface area (Å²) < 4.78 is 18.9. The molecule has 156 valence electrons. The molecule has 2 aliphatic rings. The quantitative estimate of drug-likeness (QED) is 0.663. The number of hydrogen-bond donors (Lipinski definition) is 0. The zero-order chi connectivity index (χ0) is 20.7. The standard InChI is InChI=1S/C22H24N4O4/c1-28-18-11-15-5-10-30-22(17(15)12-19(18)29-2)6-8-25(9-7-22)21(27)16-3-4-20-23-14-24-26(20)13-16/h3-4,11-14H,5-10H2,1-2H3. The molecular formula is C22H24N4O4. The van der Waals surface area contributed by atoms with E-state index in [9.17, 15) is 4.79 Å². The molecule has 2 aliphatic heterocycles. The molecule has 2 aromatic heterocycles. The Balaban J connectivity index is 1.38. The lowest BCUT2D eigenvalue weighted by molar-refractivity contribution is -0.0936. The van der Waals surface area contributed by atoms with E-state index < -0.39 is 0 Å². The van der Waals surface area contributed by atoms with Gasteiger partial charge in [-0.3, -0.25) is 4.79 Å². The Kier molecular flexibility index (Phi) is 4.58. The molecule has 30 heavy (non-hydrogen) atoms. The summed E-state index contributed by atoms with van der Waals surface area (Å²) in [5, 5.41) is 4.12. The first kappa shape index (κ1) is 18.9. The van der Waals surface area contributed by atoms with Gasteiger partial charge in [-0.2, -0.15) is 5.10 Å². The van der Waals surface area contributed by atoms with Gasteiger partial charge in [-0.05, 0) is 54.7 Å². The van der Waals surface area contributed by atoms with Crippen molar-refractivity contribution in [2.45, 2.75) is 24.9 Å². The minimum atomic E-state index is -0.389. The summed E-state index contributed by atoms with van der Waals surface area (Å²) in [4.78, 5) is 19.1. The minimum Gasteiger partial charge on any atom is -0.493 e. The third kappa shape index (κ3) is 2.99. The zero-order valence-electron chi connectivity index (χ0n) is 17.1. The van der Waals surface area contributed by atoms with Gasteiger partial charge in [-0.15, -0.1) is 0 Å². The fourth-order valence-corrected chi connectivity index (χ4v) is 4.60. The Bertz CT molecular complexity index is 1100. The number of benzene rings is 1. The summed E-state index contributed by atoms with van der Waals surface area (Å²) in [6.45, 7) is 1.92. The third-order valence-electron chi connectivity index (χ3n) is 6.23. The van der Waals surface area contributed by atoms with E-state index in [0.29, 0.717) is 31.0 Å². The van der Waals surface area contributed by atoms with E-state index in [1.165, 1.54) is 11.9 Å². The van der Waals surface area contributed by atoms with Crippen molar-refractivity contribution in [3.05, 3.63) is 53.5 Å². The van der Waals surface area contributed by atoms with Gasteiger partial charge in [0.2, 0.25) is 0 Å². The van der Waals surface area contributed by atoms with Gasteiger partial charge in [-0.25, -0.2) is 9.50 Å². The average molecular weight is 408 g/mol. The number of carbonyl (C=O) groups is 1. The number of aromatic nitrogens is 3. The largest absolute Gasteiger partial charge is 0.493 e. The number of pyridine rings is 1. The van der Waals surface area contributed by atoms with Crippen LogP contribution >= 0.6 is 0 Å². The van der Waals surface area contributed by atoms with Crippen LogP contribution in [-0.4, -0.2) is 59.3 Å². The van der Waals surface area contributed by atoms with Gasteiger partial charge >= 0.3 is 0 Å². The molecule has 1 spiro atoms. The SMILES string of the molecule is COc1cc2c(cc1OC)C1(CCN(C(=O)c3ccc4ncnn4c3)CC1)OCC2. The summed E-state index contributed by atoms with van der Waals surface area (Å²) in [7, 11) is 3.30. The summed E-state index contributed by atoms with van der Waals surface area (Å²) in [6, 6.07) is 7.72. The maximum absolute atomic E-state index is 13.1. The number of piperidine rings is 1. The van der Waals surface area contributed by atoms with Crippen LogP contribution in [0, 0.1) is 0 Å². The van der Waals surface area contributed by atoms with E-state index in [0.717, 1.165) is 36.2 Å². The Morgan fingerprint density at radius 1 is 1.13 bits per heavy atom. The van der Waals surface area contributed by atoms with E-state index in [1.807, 2.05) is 17.0 Å². The molecule has 1 fully saturated rings. The molecule has 0 unspecified atom stereocenters. The van der Waals surface area contributed by atoms with Crippen LogP contribution in [0.4, 0.5) is 0 Å². The van der Waals surface area contributed by atoms with Crippen molar-refractivity contribution in [2.75, 3.05) is 33.9 Å². The van der Waals surface area contributed by atoms with Gasteiger partial charge in [0.25, 0.3) is 5.91 Å². The molecular weight excluding hydrogens is 384 g/mol. The first-order valence-electron chi connectivity index (χ1n) is 10.1. The lowest BCUT2D eigenvalue weighted by Gasteiger charge is -2.45. The van der Waals surface area contributed by atoms with E-state index >= 15 is 0 Å². The van der Waals surface area contributed by atoms with E-state index in [4.69, 9.17) is 14.2 Å². The normalized spacial score (nSPS) is 17.7. The predicted molar refractivity (Wildman–Crippen MR) is 109 cm³/mol. The van der Waals surface area contributed by atoms with Gasteiger partial charge in [0.05, 0.1) is 32.0 Å². The summed E-state index contributed by atoms with van der Waals surface area (Å²) in [5.41, 5.74) is 3.33. The Labute approximate surface area is 174 Å². The molecule has 1 aromatic carbocycles. The average Bonchev–Trinajstić information content (AvgIpc) is 3.26. The van der Waals surface area contributed by atoms with Gasteiger partial charge in [0.15, 0.2) is 17.1 Å².